The first kappa shape index (κ1) is 68.3. The van der Waals surface area contributed by atoms with Gasteiger partial charge in [-0.05, 0) is 87.4 Å². The number of hydrogen-bond donors (Lipinski definition) is 0. The van der Waals surface area contributed by atoms with Crippen LogP contribution < -0.4 is 0 Å². The molecule has 0 N–H and O–H groups in total. The minimum Gasteiger partial charge on any atom is -0.467 e. The molecule has 4 aromatic carbocycles. The molecule has 0 spiro atoms. The van der Waals surface area contributed by atoms with E-state index in [1.54, 1.807) is 93.6 Å². The smallest absolute Gasteiger partial charge is 0.338 e. The van der Waals surface area contributed by atoms with Crippen molar-refractivity contribution in [2.45, 2.75) is 197 Å². The maximum atomic E-state index is 14.7. The van der Waals surface area contributed by atoms with Crippen LogP contribution in [0.4, 0.5) is 0 Å². The van der Waals surface area contributed by atoms with Gasteiger partial charge in [0.25, 0.3) is 0 Å². The number of hydrogen-bond acceptors (Lipinski definition) is 24. The highest BCUT2D eigenvalue weighted by atomic mass is 28.4. The fraction of sp³-hybridized carbons (Fsp3) is 0.552. The minimum atomic E-state index is -3.00. The van der Waals surface area contributed by atoms with Crippen LogP contribution in [0.15, 0.2) is 121 Å². The number of carbonyl (C=O) groups excluding carboxylic acids is 6. The van der Waals surface area contributed by atoms with Crippen molar-refractivity contribution in [3.63, 3.8) is 0 Å². The molecule has 6 fully saturated rings. The largest absolute Gasteiger partial charge is 0.467 e. The third-order valence-electron chi connectivity index (χ3n) is 18.0. The van der Waals surface area contributed by atoms with E-state index in [0.717, 1.165) is 14.2 Å². The van der Waals surface area contributed by atoms with Gasteiger partial charge in [-0.15, -0.1) is 0 Å². The summed E-state index contributed by atoms with van der Waals surface area (Å²) in [5.41, 5.74) is 0.410. The van der Waals surface area contributed by atoms with E-state index < -0.39 is 184 Å². The Balaban J connectivity index is 1.07. The number of carbonyl (C=O) groups is 6. The summed E-state index contributed by atoms with van der Waals surface area (Å²) in [5.74, 6) is -7.02. The van der Waals surface area contributed by atoms with Crippen molar-refractivity contribution < 1.29 is 114 Å². The van der Waals surface area contributed by atoms with Crippen molar-refractivity contribution in [3.8, 4) is 0 Å². The molecule has 0 amide bonds. The number of rotatable bonds is 18. The fourth-order valence-electron chi connectivity index (χ4n) is 11.7. The molecule has 92 heavy (non-hydrogen) atoms. The Morgan fingerprint density at radius 3 is 1.15 bits per heavy atom. The Morgan fingerprint density at radius 1 is 0.413 bits per heavy atom. The second-order valence-corrected chi connectivity index (χ2v) is 29.9. The molecule has 0 aliphatic carbocycles. The van der Waals surface area contributed by atoms with Crippen LogP contribution in [0.25, 0.3) is 0 Å². The summed E-state index contributed by atoms with van der Waals surface area (Å²) < 4.78 is 116. The molecule has 0 aromatic heterocycles. The van der Waals surface area contributed by atoms with E-state index in [1.165, 1.54) is 48.5 Å². The van der Waals surface area contributed by atoms with Gasteiger partial charge in [-0.25, -0.2) is 28.8 Å². The maximum Gasteiger partial charge on any atom is 0.338 e. The van der Waals surface area contributed by atoms with E-state index in [1.807, 2.05) is 47.7 Å². The maximum absolute atomic E-state index is 14.7. The van der Waals surface area contributed by atoms with Crippen LogP contribution in [-0.4, -0.2) is 195 Å². The zero-order valence-corrected chi connectivity index (χ0v) is 54.5. The molecule has 498 valence electrons. The van der Waals surface area contributed by atoms with Crippen LogP contribution in [0.5, 0.6) is 0 Å². The molecule has 6 heterocycles. The molecule has 6 saturated heterocycles. The summed E-state index contributed by atoms with van der Waals surface area (Å²) >= 11 is 0. The van der Waals surface area contributed by atoms with E-state index in [-0.39, 0.29) is 35.5 Å². The second-order valence-electron chi connectivity index (χ2n) is 25.1. The van der Waals surface area contributed by atoms with Crippen molar-refractivity contribution >= 4 is 44.1 Å². The average molecular weight is 1300 g/mol. The van der Waals surface area contributed by atoms with E-state index in [0.29, 0.717) is 0 Å². The van der Waals surface area contributed by atoms with Crippen LogP contribution in [0, 0.1) is 11.8 Å². The molecule has 24 nitrogen and oxygen atoms in total. The van der Waals surface area contributed by atoms with Crippen molar-refractivity contribution in [2.75, 3.05) is 27.4 Å². The molecule has 22 atom stereocenters. The summed E-state index contributed by atoms with van der Waals surface area (Å²) in [6.07, 6.45) is -26.5. The first-order valence-electron chi connectivity index (χ1n) is 30.9. The van der Waals surface area contributed by atoms with Gasteiger partial charge in [-0.2, -0.15) is 0 Å². The topological polar surface area (TPSA) is 269 Å². The third-order valence-corrected chi connectivity index (χ3v) is 22.4. The minimum absolute atomic E-state index is 0.0754. The van der Waals surface area contributed by atoms with Gasteiger partial charge in [0.15, 0.2) is 76.4 Å². The van der Waals surface area contributed by atoms with Gasteiger partial charge in [0.05, 0.1) is 68.0 Å². The number of ether oxygens (including phenoxy) is 17. The summed E-state index contributed by atoms with van der Waals surface area (Å²) in [6, 6.07) is 32.2. The second kappa shape index (κ2) is 29.4. The highest BCUT2D eigenvalue weighted by Gasteiger charge is 2.62. The summed E-state index contributed by atoms with van der Waals surface area (Å²) in [5, 5.41) is -0.499. The zero-order chi connectivity index (χ0) is 65.8. The van der Waals surface area contributed by atoms with Crippen LogP contribution in [0.2, 0.25) is 18.1 Å². The number of benzene rings is 4. The molecule has 6 aliphatic heterocycles. The highest BCUT2D eigenvalue weighted by molar-refractivity contribution is 6.74. The first-order chi connectivity index (χ1) is 43.9. The van der Waals surface area contributed by atoms with E-state index in [9.17, 15) is 28.8 Å². The molecule has 25 heteroatoms. The third kappa shape index (κ3) is 15.2. The molecule has 6 aliphatic rings. The van der Waals surface area contributed by atoms with Gasteiger partial charge in [0.2, 0.25) is 0 Å². The van der Waals surface area contributed by atoms with E-state index in [2.05, 4.69) is 0 Å². The average Bonchev–Trinajstić information content (AvgIpc) is 0.761. The molecule has 0 bridgehead atoms. The Morgan fingerprint density at radius 2 is 0.761 bits per heavy atom. The van der Waals surface area contributed by atoms with Crippen LogP contribution in [-0.2, 0) is 94.5 Å². The highest BCUT2D eigenvalue weighted by Crippen LogP contribution is 2.45. The predicted octanol–water partition coefficient (Wildman–Crippen LogP) is 7.54. The van der Waals surface area contributed by atoms with Gasteiger partial charge in [-0.3, -0.25) is 0 Å². The van der Waals surface area contributed by atoms with E-state index in [4.69, 9.17) is 85.0 Å². The van der Waals surface area contributed by atoms with Crippen molar-refractivity contribution in [1.82, 2.24) is 0 Å². The quantitative estimate of drug-likeness (QED) is 0.0529. The van der Waals surface area contributed by atoms with Crippen molar-refractivity contribution in [2.24, 2.45) is 11.8 Å². The summed E-state index contributed by atoms with van der Waals surface area (Å²) in [7, 11) is -0.718. The molecular formula is C67H82O24Si. The van der Waals surface area contributed by atoms with Crippen LogP contribution in [0.1, 0.15) is 96.8 Å². The molecule has 4 aromatic rings. The molecule has 0 radical (unpaired) electrons. The Labute approximate surface area is 535 Å². The number of fused-ring (bicyclic) bond motifs is 2. The van der Waals surface area contributed by atoms with Crippen LogP contribution >= 0.6 is 0 Å². The first-order valence-corrected chi connectivity index (χ1v) is 33.9. The number of esters is 6. The van der Waals surface area contributed by atoms with Gasteiger partial charge in [-0.1, -0.05) is 107 Å². The monoisotopic (exact) mass is 1300 g/mol. The lowest BCUT2D eigenvalue weighted by Gasteiger charge is -2.53. The lowest BCUT2D eigenvalue weighted by atomic mass is 9.87. The lowest BCUT2D eigenvalue weighted by molar-refractivity contribution is -0.396. The molecule has 11 unspecified atom stereocenters. The molecule has 0 saturated carbocycles. The van der Waals surface area contributed by atoms with E-state index >= 15 is 0 Å². The summed E-state index contributed by atoms with van der Waals surface area (Å²) in [6.45, 7) is 18.6. The van der Waals surface area contributed by atoms with Crippen molar-refractivity contribution in [1.29, 1.82) is 0 Å². The molecular weight excluding hydrogens is 1220 g/mol. The Bertz CT molecular complexity index is 3150. The predicted molar refractivity (Wildman–Crippen MR) is 323 cm³/mol. The van der Waals surface area contributed by atoms with Gasteiger partial charge in [0.1, 0.15) is 36.6 Å². The lowest BCUT2D eigenvalue weighted by Crippen LogP contribution is -2.69. The normalized spacial score (nSPS) is 34.7. The van der Waals surface area contributed by atoms with Gasteiger partial charge >= 0.3 is 35.8 Å². The Hall–Kier alpha value is -6.56. The van der Waals surface area contributed by atoms with Crippen molar-refractivity contribution in [3.05, 3.63) is 144 Å². The standard InChI is InChI=1S/C67H82O24Si/c1-35-37(3)78-44-33-76-38(4)79-48(44)46(35)86-65-56(84-60(70)42-29-21-15-22-30-42)51(82-58(68)40-25-17-13-18-26-40)50(54(89-65)62(72)74-9)88-64-36(2)47(49-45(81-64)34-77-39(5)80-49)87-66-57(85-61(71)43-31-23-16-24-32-43)52(83-59(69)41-27-19-14-20-28-41)53(55(90-66)63(73)75-10)91-92(11,12)67(6,7)8/h13-32,35-39,44-57,64-66H,33-34H2,1-12H3/t35?,36?,37-,38?,39?,44?,45?,46+,47+,48-,49-,50-,51-,52-,53?,54?,55?,56?,57?,64-,65+,66+/m0/s1. The SMILES string of the molecule is COC(=O)C1O[C@@H](O[C@@H]2C(C)[C@H](O[C@@H]3C(C(=O)OC)O[C@@H](O[C@@H]4C(C)[C@H](C)OC5COC(C)O[C@@H]54)C(OC(=O)c4ccccc4)[C@H]3OC(=O)c3ccccc3)OC3COC(C)O[C@@H]32)C(OC(=O)c2ccccc2)[C@@H](OC(=O)c2ccccc2)C1O[Si](C)(C)C(C)(C)C. The van der Waals surface area contributed by atoms with Gasteiger partial charge < -0.3 is 85.0 Å². The fourth-order valence-corrected chi connectivity index (χ4v) is 13.0. The van der Waals surface area contributed by atoms with Gasteiger partial charge in [0, 0.05) is 11.8 Å². The van der Waals surface area contributed by atoms with Crippen LogP contribution in [0.3, 0.4) is 0 Å². The Kier molecular flexibility index (Phi) is 21.8. The molecule has 10 rings (SSSR count). The summed E-state index contributed by atoms with van der Waals surface area (Å²) in [4.78, 5) is 87.4. The number of methoxy groups -OCH3 is 2. The zero-order valence-electron chi connectivity index (χ0n) is 53.5.